The van der Waals surface area contributed by atoms with Gasteiger partial charge in [-0.1, -0.05) is 44.0 Å². The van der Waals surface area contributed by atoms with Gasteiger partial charge in [0.25, 0.3) is 0 Å². The summed E-state index contributed by atoms with van der Waals surface area (Å²) in [5.41, 5.74) is 3.45. The molecule has 0 atom stereocenters. The van der Waals surface area contributed by atoms with Crippen LogP contribution in [0.5, 0.6) is 5.75 Å². The highest BCUT2D eigenvalue weighted by Gasteiger charge is 2.29. The van der Waals surface area contributed by atoms with E-state index in [-0.39, 0.29) is 0 Å². The number of carboxylic acid groups (broad SMARTS) is 1. The molecule has 3 rings (SSSR count). The summed E-state index contributed by atoms with van der Waals surface area (Å²) in [6, 6.07) is 16.5. The van der Waals surface area contributed by atoms with Gasteiger partial charge < -0.3 is 14.7 Å². The van der Waals surface area contributed by atoms with Gasteiger partial charge >= 0.3 is 5.97 Å². The molecule has 0 aliphatic rings. The van der Waals surface area contributed by atoms with Gasteiger partial charge in [0.05, 0.1) is 5.69 Å². The van der Waals surface area contributed by atoms with Crippen LogP contribution in [0.4, 0.5) is 10.8 Å². The Hall–Kier alpha value is -2.86. The summed E-state index contributed by atoms with van der Waals surface area (Å²) in [5.74, 6) is -0.436. The molecule has 1 N–H and O–H groups in total. The van der Waals surface area contributed by atoms with E-state index in [0.717, 1.165) is 41.5 Å². The van der Waals surface area contributed by atoms with Gasteiger partial charge in [-0.2, -0.15) is 0 Å². The monoisotopic (exact) mass is 466 g/mol. The second-order valence-corrected chi connectivity index (χ2v) is 9.69. The van der Waals surface area contributed by atoms with Gasteiger partial charge in [0.1, 0.15) is 5.75 Å². The Kier molecular flexibility index (Phi) is 8.50. The summed E-state index contributed by atoms with van der Waals surface area (Å²) in [4.78, 5) is 18.3. The van der Waals surface area contributed by atoms with Crippen molar-refractivity contribution in [3.05, 3.63) is 70.7 Å². The van der Waals surface area contributed by atoms with Crippen LogP contribution in [-0.4, -0.2) is 28.2 Å². The number of aliphatic carboxylic acids is 1. The van der Waals surface area contributed by atoms with Crippen molar-refractivity contribution in [2.75, 3.05) is 11.4 Å². The zero-order valence-electron chi connectivity index (χ0n) is 20.0. The lowest BCUT2D eigenvalue weighted by molar-refractivity contribution is -0.152. The molecule has 0 aliphatic heterocycles. The minimum absolute atomic E-state index is 0.553. The van der Waals surface area contributed by atoms with Crippen molar-refractivity contribution in [1.29, 1.82) is 0 Å². The molecule has 0 amide bonds. The average Bonchev–Trinajstić information content (AvgIpc) is 3.22. The maximum Gasteiger partial charge on any atom is 0.347 e. The number of thiazole rings is 1. The van der Waals surface area contributed by atoms with Crippen molar-refractivity contribution in [3.8, 4) is 5.75 Å². The largest absolute Gasteiger partial charge is 0.478 e. The summed E-state index contributed by atoms with van der Waals surface area (Å²) in [6.07, 6.45) is 5.69. The van der Waals surface area contributed by atoms with E-state index in [9.17, 15) is 9.90 Å². The van der Waals surface area contributed by atoms with Crippen LogP contribution in [0, 0.1) is 6.92 Å². The van der Waals surface area contributed by atoms with E-state index < -0.39 is 11.6 Å². The second-order valence-electron chi connectivity index (χ2n) is 8.86. The van der Waals surface area contributed by atoms with Crippen LogP contribution < -0.4 is 9.64 Å². The highest BCUT2D eigenvalue weighted by atomic mass is 32.1. The molecule has 0 unspecified atom stereocenters. The van der Waals surface area contributed by atoms with E-state index in [0.29, 0.717) is 5.75 Å². The molecule has 3 aromatic rings. The molecule has 0 saturated carbocycles. The van der Waals surface area contributed by atoms with Gasteiger partial charge in [-0.25, -0.2) is 9.78 Å². The first kappa shape index (κ1) is 24.8. The Morgan fingerprint density at radius 3 is 2.24 bits per heavy atom. The van der Waals surface area contributed by atoms with Crippen LogP contribution >= 0.6 is 11.3 Å². The third-order valence-electron chi connectivity index (χ3n) is 5.59. The maximum absolute atomic E-state index is 11.3. The molecule has 0 bridgehead atoms. The molecular weight excluding hydrogens is 432 g/mol. The first-order valence-electron chi connectivity index (χ1n) is 11.6. The third kappa shape index (κ3) is 7.06. The molecule has 5 nitrogen and oxygen atoms in total. The lowest BCUT2D eigenvalue weighted by atomic mass is 10.1. The molecule has 0 saturated heterocycles. The van der Waals surface area contributed by atoms with Crippen molar-refractivity contribution >= 4 is 28.1 Å². The van der Waals surface area contributed by atoms with Crippen molar-refractivity contribution in [1.82, 2.24) is 4.98 Å². The lowest BCUT2D eigenvalue weighted by Gasteiger charge is -2.23. The van der Waals surface area contributed by atoms with Crippen LogP contribution in [0.1, 0.15) is 56.9 Å². The molecule has 33 heavy (non-hydrogen) atoms. The number of ether oxygens (including phenoxy) is 1. The number of rotatable bonds is 12. The summed E-state index contributed by atoms with van der Waals surface area (Å²) in [7, 11) is 0. The first-order chi connectivity index (χ1) is 15.8. The Balaban J connectivity index is 1.69. The summed E-state index contributed by atoms with van der Waals surface area (Å²) < 4.78 is 5.61. The van der Waals surface area contributed by atoms with E-state index in [1.165, 1.54) is 24.8 Å². The normalized spacial score (nSPS) is 11.4. The summed E-state index contributed by atoms with van der Waals surface area (Å²) in [6.45, 7) is 8.14. The van der Waals surface area contributed by atoms with Crippen LogP contribution in [-0.2, 0) is 17.6 Å². The Morgan fingerprint density at radius 1 is 1.03 bits per heavy atom. The van der Waals surface area contributed by atoms with Crippen molar-refractivity contribution in [2.45, 2.75) is 65.4 Å². The maximum atomic E-state index is 11.3. The van der Waals surface area contributed by atoms with E-state index in [1.807, 2.05) is 31.2 Å². The highest BCUT2D eigenvalue weighted by Crippen LogP contribution is 2.29. The fourth-order valence-electron chi connectivity index (χ4n) is 3.53. The SMILES string of the molecule is CCCCCc1ccc(N(CCc2ccc(OC(C)(C)C(=O)O)cc2)c2nc(C)cs2)cc1. The van der Waals surface area contributed by atoms with Gasteiger partial charge in [-0.3, -0.25) is 0 Å². The molecule has 1 aromatic heterocycles. The number of hydrogen-bond donors (Lipinski definition) is 1. The Morgan fingerprint density at radius 2 is 1.67 bits per heavy atom. The minimum atomic E-state index is -1.26. The zero-order valence-corrected chi connectivity index (χ0v) is 20.8. The van der Waals surface area contributed by atoms with Crippen LogP contribution in [0.2, 0.25) is 0 Å². The van der Waals surface area contributed by atoms with Crippen molar-refractivity contribution in [3.63, 3.8) is 0 Å². The lowest BCUT2D eigenvalue weighted by Crippen LogP contribution is -2.37. The molecule has 0 spiro atoms. The fourth-order valence-corrected chi connectivity index (χ4v) is 4.38. The van der Waals surface area contributed by atoms with Crippen LogP contribution in [0.3, 0.4) is 0 Å². The molecule has 6 heteroatoms. The topological polar surface area (TPSA) is 62.7 Å². The van der Waals surface area contributed by atoms with Crippen molar-refractivity contribution < 1.29 is 14.6 Å². The molecule has 176 valence electrons. The van der Waals surface area contributed by atoms with Crippen LogP contribution in [0.25, 0.3) is 0 Å². The molecule has 0 aliphatic carbocycles. The minimum Gasteiger partial charge on any atom is -0.478 e. The molecule has 0 fully saturated rings. The van der Waals surface area contributed by atoms with E-state index in [1.54, 1.807) is 25.2 Å². The van der Waals surface area contributed by atoms with Gasteiger partial charge in [-0.15, -0.1) is 11.3 Å². The molecular formula is C27H34N2O3S. The molecule has 2 aromatic carbocycles. The van der Waals surface area contributed by atoms with Crippen molar-refractivity contribution in [2.24, 2.45) is 0 Å². The smallest absolute Gasteiger partial charge is 0.347 e. The quantitative estimate of drug-likeness (QED) is 0.297. The number of carboxylic acids is 1. The number of hydrogen-bond acceptors (Lipinski definition) is 5. The van der Waals surface area contributed by atoms with Crippen LogP contribution in [0.15, 0.2) is 53.9 Å². The zero-order chi connectivity index (χ0) is 23.8. The van der Waals surface area contributed by atoms with E-state index in [2.05, 4.69) is 41.5 Å². The standard InChI is InChI=1S/C27H34N2O3S/c1-5-6-7-8-21-9-13-23(14-10-21)29(26-28-20(2)19-33-26)18-17-22-11-15-24(16-12-22)32-27(3,4)25(30)31/h9-16,19H,5-8,17-18H2,1-4H3,(H,30,31). The predicted molar refractivity (Wildman–Crippen MR) is 136 cm³/mol. The fraction of sp³-hybridized carbons (Fsp3) is 0.407. The molecule has 0 radical (unpaired) electrons. The number of carbonyl (C=O) groups is 1. The van der Waals surface area contributed by atoms with Gasteiger partial charge in [0.2, 0.25) is 0 Å². The second kappa shape index (κ2) is 11.3. The first-order valence-corrected chi connectivity index (χ1v) is 12.5. The number of unbranched alkanes of at least 4 members (excludes halogenated alkanes) is 2. The highest BCUT2D eigenvalue weighted by molar-refractivity contribution is 7.13. The van der Waals surface area contributed by atoms with Gasteiger partial charge in [0, 0.05) is 17.6 Å². The predicted octanol–water partition coefficient (Wildman–Crippen LogP) is 6.81. The number of anilines is 2. The Labute approximate surface area is 201 Å². The van der Waals surface area contributed by atoms with Gasteiger partial charge in [-0.05, 0) is 75.4 Å². The van der Waals surface area contributed by atoms with E-state index >= 15 is 0 Å². The summed E-state index contributed by atoms with van der Waals surface area (Å²) >= 11 is 1.66. The van der Waals surface area contributed by atoms with E-state index in [4.69, 9.17) is 9.72 Å². The summed E-state index contributed by atoms with van der Waals surface area (Å²) in [5, 5.41) is 12.3. The number of aryl methyl sites for hydroxylation is 2. The molecule has 1 heterocycles. The number of benzene rings is 2. The Bertz CT molecular complexity index is 1030. The third-order valence-corrected chi connectivity index (χ3v) is 6.57. The average molecular weight is 467 g/mol. The number of aromatic nitrogens is 1. The van der Waals surface area contributed by atoms with Gasteiger partial charge in [0.15, 0.2) is 10.7 Å². The number of nitrogens with zero attached hydrogens (tertiary/aromatic N) is 2.